The molecule has 0 aromatic heterocycles. The van der Waals surface area contributed by atoms with Gasteiger partial charge in [0.2, 0.25) is 5.91 Å². The molecule has 0 radical (unpaired) electrons. The summed E-state index contributed by atoms with van der Waals surface area (Å²) in [5.41, 5.74) is 0. The molecule has 1 amide bonds. The topological polar surface area (TPSA) is 86.6 Å². The summed E-state index contributed by atoms with van der Waals surface area (Å²) in [5.74, 6) is -0.291. The minimum Gasteiger partial charge on any atom is -0.481 e. The van der Waals surface area contributed by atoms with Crippen LogP contribution in [0.1, 0.15) is 26.2 Å². The van der Waals surface area contributed by atoms with E-state index in [4.69, 9.17) is 10.2 Å². The summed E-state index contributed by atoms with van der Waals surface area (Å²) in [6.07, 6.45) is -0.934. The highest BCUT2D eigenvalue weighted by Crippen LogP contribution is 1.96. The number of thiol groups is 1. The summed E-state index contributed by atoms with van der Waals surface area (Å²) in [6.45, 7) is 1.83. The number of carboxylic acid groups (broad SMARTS) is 1. The highest BCUT2D eigenvalue weighted by Gasteiger charge is 2.07. The quantitative estimate of drug-likeness (QED) is 0.510. The molecule has 0 saturated heterocycles. The molecule has 0 unspecified atom stereocenters. The third kappa shape index (κ3) is 17.8. The molecule has 0 rings (SSSR count). The number of amides is 1. The first kappa shape index (κ1) is 18.5. The van der Waals surface area contributed by atoms with E-state index in [-0.39, 0.29) is 18.7 Å². The number of hydrogen-bond donors (Lipinski definition) is 4. The monoisotopic (exact) mass is 269 g/mol. The molecule has 0 aliphatic heterocycles. The molecule has 0 bridgehead atoms. The predicted octanol–water partition coefficient (Wildman–Crippen LogP) is 0.624. The SMILES string of the molecule is CCC(=O)NCCS.O=C(O)C[C@@H](O)CCF. The average molecular weight is 269 g/mol. The lowest BCUT2D eigenvalue weighted by Crippen LogP contribution is -2.23. The van der Waals surface area contributed by atoms with Crippen molar-refractivity contribution in [2.24, 2.45) is 0 Å². The Hall–Kier alpha value is -0.820. The molecular formula is C10H20FNO4S. The molecule has 0 aromatic rings. The van der Waals surface area contributed by atoms with Crippen molar-refractivity contribution in [3.8, 4) is 0 Å². The van der Waals surface area contributed by atoms with Crippen LogP contribution < -0.4 is 5.32 Å². The van der Waals surface area contributed by atoms with E-state index in [0.717, 1.165) is 0 Å². The van der Waals surface area contributed by atoms with Gasteiger partial charge in [-0.1, -0.05) is 6.92 Å². The third-order valence-electron chi connectivity index (χ3n) is 1.61. The van der Waals surface area contributed by atoms with Gasteiger partial charge in [0.15, 0.2) is 0 Å². The predicted molar refractivity (Wildman–Crippen MR) is 66.0 cm³/mol. The van der Waals surface area contributed by atoms with Crippen LogP contribution in [0.2, 0.25) is 0 Å². The van der Waals surface area contributed by atoms with E-state index in [1.165, 1.54) is 0 Å². The van der Waals surface area contributed by atoms with Gasteiger partial charge in [-0.05, 0) is 0 Å². The summed E-state index contributed by atoms with van der Waals surface area (Å²) in [5, 5.41) is 19.3. The van der Waals surface area contributed by atoms with Crippen molar-refractivity contribution in [2.45, 2.75) is 32.3 Å². The van der Waals surface area contributed by atoms with E-state index in [9.17, 15) is 14.0 Å². The lowest BCUT2D eigenvalue weighted by Gasteiger charge is -2.01. The van der Waals surface area contributed by atoms with Crippen LogP contribution in [0.15, 0.2) is 0 Å². The summed E-state index contributed by atoms with van der Waals surface area (Å²) in [7, 11) is 0. The van der Waals surface area contributed by atoms with E-state index in [0.29, 0.717) is 18.7 Å². The van der Waals surface area contributed by atoms with Crippen molar-refractivity contribution >= 4 is 24.5 Å². The van der Waals surface area contributed by atoms with Crippen LogP contribution in [0.25, 0.3) is 0 Å². The Morgan fingerprint density at radius 1 is 1.47 bits per heavy atom. The zero-order valence-electron chi connectivity index (χ0n) is 9.86. The maximum Gasteiger partial charge on any atom is 0.305 e. The third-order valence-corrected chi connectivity index (χ3v) is 1.83. The van der Waals surface area contributed by atoms with Gasteiger partial charge in [-0.2, -0.15) is 12.6 Å². The number of rotatable bonds is 7. The van der Waals surface area contributed by atoms with E-state index in [2.05, 4.69) is 17.9 Å². The summed E-state index contributed by atoms with van der Waals surface area (Å²) in [4.78, 5) is 20.2. The van der Waals surface area contributed by atoms with Crippen LogP contribution >= 0.6 is 12.6 Å². The first-order valence-electron chi connectivity index (χ1n) is 5.31. The van der Waals surface area contributed by atoms with E-state index in [1.807, 2.05) is 6.92 Å². The van der Waals surface area contributed by atoms with Gasteiger partial charge in [0.25, 0.3) is 0 Å². The second-order valence-electron chi connectivity index (χ2n) is 3.16. The number of nitrogens with one attached hydrogen (secondary N) is 1. The zero-order chi connectivity index (χ0) is 13.7. The van der Waals surface area contributed by atoms with Gasteiger partial charge in [-0.25, -0.2) is 0 Å². The van der Waals surface area contributed by atoms with E-state index >= 15 is 0 Å². The maximum absolute atomic E-state index is 11.3. The number of carbonyl (C=O) groups excluding carboxylic acids is 1. The van der Waals surface area contributed by atoms with Gasteiger partial charge in [0.05, 0.1) is 19.2 Å². The number of carbonyl (C=O) groups is 2. The fraction of sp³-hybridized carbons (Fsp3) is 0.800. The highest BCUT2D eigenvalue weighted by molar-refractivity contribution is 7.80. The van der Waals surface area contributed by atoms with Crippen molar-refractivity contribution < 1.29 is 24.2 Å². The molecule has 0 heterocycles. The summed E-state index contributed by atoms with van der Waals surface area (Å²) >= 11 is 3.92. The molecule has 7 heteroatoms. The van der Waals surface area contributed by atoms with Crippen molar-refractivity contribution in [1.29, 1.82) is 0 Å². The average Bonchev–Trinajstić information content (AvgIpc) is 2.26. The van der Waals surface area contributed by atoms with Crippen LogP contribution in [0.5, 0.6) is 0 Å². The van der Waals surface area contributed by atoms with Crippen LogP contribution in [0.4, 0.5) is 4.39 Å². The van der Waals surface area contributed by atoms with E-state index < -0.39 is 18.7 Å². The van der Waals surface area contributed by atoms with Crippen molar-refractivity contribution in [3.05, 3.63) is 0 Å². The molecule has 0 aliphatic carbocycles. The second kappa shape index (κ2) is 13.2. The van der Waals surface area contributed by atoms with Gasteiger partial charge in [0, 0.05) is 25.1 Å². The van der Waals surface area contributed by atoms with Crippen LogP contribution in [0, 0.1) is 0 Å². The number of alkyl halides is 1. The number of hydrogen-bond acceptors (Lipinski definition) is 4. The van der Waals surface area contributed by atoms with Crippen LogP contribution in [-0.4, -0.2) is 47.2 Å². The molecule has 17 heavy (non-hydrogen) atoms. The van der Waals surface area contributed by atoms with Crippen LogP contribution in [0.3, 0.4) is 0 Å². The Labute approximate surface area is 106 Å². The molecule has 1 atom stereocenters. The van der Waals surface area contributed by atoms with Crippen molar-refractivity contribution in [3.63, 3.8) is 0 Å². The molecule has 0 fully saturated rings. The fourth-order valence-electron chi connectivity index (χ4n) is 0.750. The maximum atomic E-state index is 11.3. The molecule has 0 spiro atoms. The molecule has 5 nitrogen and oxygen atoms in total. The largest absolute Gasteiger partial charge is 0.481 e. The van der Waals surface area contributed by atoms with Gasteiger partial charge in [-0.3, -0.25) is 14.0 Å². The molecule has 3 N–H and O–H groups in total. The van der Waals surface area contributed by atoms with Crippen molar-refractivity contribution in [1.82, 2.24) is 5.32 Å². The fourth-order valence-corrected chi connectivity index (χ4v) is 0.862. The summed E-state index contributed by atoms with van der Waals surface area (Å²) in [6, 6.07) is 0. The Morgan fingerprint density at radius 2 is 2.06 bits per heavy atom. The minimum atomic E-state index is -1.10. The Kier molecular flexibility index (Phi) is 14.4. The highest BCUT2D eigenvalue weighted by atomic mass is 32.1. The van der Waals surface area contributed by atoms with Gasteiger partial charge in [-0.15, -0.1) is 0 Å². The molecular weight excluding hydrogens is 249 g/mol. The summed E-state index contributed by atoms with van der Waals surface area (Å²) < 4.78 is 11.3. The van der Waals surface area contributed by atoms with Crippen molar-refractivity contribution in [2.75, 3.05) is 19.0 Å². The number of carboxylic acids is 1. The second-order valence-corrected chi connectivity index (χ2v) is 3.60. The van der Waals surface area contributed by atoms with Gasteiger partial charge < -0.3 is 15.5 Å². The first-order valence-corrected chi connectivity index (χ1v) is 5.94. The molecule has 0 aromatic carbocycles. The van der Waals surface area contributed by atoms with Gasteiger partial charge >= 0.3 is 5.97 Å². The van der Waals surface area contributed by atoms with E-state index in [1.54, 1.807) is 0 Å². The number of halogens is 1. The molecule has 0 aliphatic rings. The zero-order valence-corrected chi connectivity index (χ0v) is 10.8. The first-order chi connectivity index (χ1) is 7.97. The number of aliphatic hydroxyl groups is 1. The molecule has 0 saturated carbocycles. The number of aliphatic carboxylic acids is 1. The standard InChI is InChI=1S/C5H9FO3.C5H11NOS/c6-2-1-4(7)3-5(8)9;1-2-5(7)6-3-4-8/h4,7H,1-3H2,(H,8,9);8H,2-4H2,1H3,(H,6,7)/t4-;/m0./s1. The minimum absolute atomic E-state index is 0.0910. The number of aliphatic hydroxyl groups excluding tert-OH is 1. The Bertz CT molecular complexity index is 216. The Balaban J connectivity index is 0. The Morgan fingerprint density at radius 3 is 2.41 bits per heavy atom. The lowest BCUT2D eigenvalue weighted by atomic mass is 10.2. The normalized spacial score (nSPS) is 11.1. The van der Waals surface area contributed by atoms with Crippen LogP contribution in [-0.2, 0) is 9.59 Å². The molecule has 102 valence electrons. The lowest BCUT2D eigenvalue weighted by molar-refractivity contribution is -0.139. The van der Waals surface area contributed by atoms with Gasteiger partial charge in [0.1, 0.15) is 0 Å². The smallest absolute Gasteiger partial charge is 0.305 e.